The van der Waals surface area contributed by atoms with Crippen LogP contribution in [0.15, 0.2) is 18.2 Å². The minimum atomic E-state index is 0.288. The molecule has 1 N–H and O–H groups in total. The Bertz CT molecular complexity index is 377. The zero-order valence-electron chi connectivity index (χ0n) is 11.1. The molecule has 1 saturated carbocycles. The Morgan fingerprint density at radius 2 is 2.11 bits per heavy atom. The number of benzene rings is 1. The van der Waals surface area contributed by atoms with Crippen molar-refractivity contribution >= 4 is 0 Å². The molecule has 1 aromatic rings. The minimum absolute atomic E-state index is 0.288. The lowest BCUT2D eigenvalue weighted by Gasteiger charge is -2.12. The van der Waals surface area contributed by atoms with E-state index in [-0.39, 0.29) is 6.79 Å². The van der Waals surface area contributed by atoms with Crippen LogP contribution in [-0.4, -0.2) is 27.6 Å². The number of hydrogen-bond donors (Lipinski definition) is 1. The van der Waals surface area contributed by atoms with Crippen molar-refractivity contribution in [2.45, 2.75) is 19.4 Å². The molecule has 0 aromatic heterocycles. The van der Waals surface area contributed by atoms with E-state index in [1.165, 1.54) is 12.8 Å². The van der Waals surface area contributed by atoms with E-state index >= 15 is 0 Å². The van der Waals surface area contributed by atoms with Crippen LogP contribution >= 0.6 is 0 Å². The van der Waals surface area contributed by atoms with Crippen LogP contribution in [0.25, 0.3) is 0 Å². The number of rotatable bonds is 8. The van der Waals surface area contributed by atoms with Gasteiger partial charge in [-0.05, 0) is 43.5 Å². The smallest absolute Gasteiger partial charge is 0.189 e. The van der Waals surface area contributed by atoms with E-state index in [9.17, 15) is 0 Å². The highest BCUT2D eigenvalue weighted by molar-refractivity contribution is 5.42. The molecule has 4 nitrogen and oxygen atoms in total. The van der Waals surface area contributed by atoms with Gasteiger partial charge in [0, 0.05) is 6.54 Å². The molecule has 0 aliphatic heterocycles. The fraction of sp³-hybridized carbons (Fsp3) is 0.571. The molecule has 0 bridgehead atoms. The van der Waals surface area contributed by atoms with Crippen molar-refractivity contribution in [3.05, 3.63) is 23.8 Å². The van der Waals surface area contributed by atoms with Crippen molar-refractivity contribution < 1.29 is 14.2 Å². The molecule has 0 heterocycles. The maximum Gasteiger partial charge on any atom is 0.189 e. The molecule has 1 aliphatic carbocycles. The van der Waals surface area contributed by atoms with Crippen molar-refractivity contribution in [3.8, 4) is 11.5 Å². The van der Waals surface area contributed by atoms with Gasteiger partial charge in [0.25, 0.3) is 0 Å². The summed E-state index contributed by atoms with van der Waals surface area (Å²) in [4.78, 5) is 0. The Kier molecular flexibility index (Phi) is 4.84. The molecule has 1 aromatic carbocycles. The van der Waals surface area contributed by atoms with E-state index in [2.05, 4.69) is 5.32 Å². The second kappa shape index (κ2) is 6.61. The molecule has 0 spiro atoms. The molecule has 1 fully saturated rings. The van der Waals surface area contributed by atoms with E-state index in [1.54, 1.807) is 7.11 Å². The first-order valence-electron chi connectivity index (χ1n) is 6.35. The highest BCUT2D eigenvalue weighted by atomic mass is 16.7. The van der Waals surface area contributed by atoms with Crippen LogP contribution in [0.2, 0.25) is 0 Å². The third-order valence-corrected chi connectivity index (χ3v) is 2.96. The second-order valence-electron chi connectivity index (χ2n) is 4.59. The maximum absolute atomic E-state index is 5.62. The van der Waals surface area contributed by atoms with E-state index in [0.29, 0.717) is 0 Å². The topological polar surface area (TPSA) is 39.7 Å². The first-order chi connectivity index (χ1) is 8.83. The van der Waals surface area contributed by atoms with Gasteiger partial charge in [0.1, 0.15) is 0 Å². The Morgan fingerprint density at radius 3 is 2.78 bits per heavy atom. The molecule has 100 valence electrons. The highest BCUT2D eigenvalue weighted by Crippen LogP contribution is 2.30. The third-order valence-electron chi connectivity index (χ3n) is 2.96. The van der Waals surface area contributed by atoms with Gasteiger partial charge in [-0.3, -0.25) is 0 Å². The molecular formula is C14H21NO3. The average Bonchev–Trinajstić information content (AvgIpc) is 3.19. The second-order valence-corrected chi connectivity index (χ2v) is 4.59. The molecule has 1 aliphatic rings. The van der Waals surface area contributed by atoms with Crippen LogP contribution in [-0.2, 0) is 11.3 Å². The summed E-state index contributed by atoms with van der Waals surface area (Å²) in [6.07, 6.45) is 2.59. The van der Waals surface area contributed by atoms with Gasteiger partial charge in [0.15, 0.2) is 18.3 Å². The predicted octanol–water partition coefficient (Wildman–Crippen LogP) is 2.18. The Hall–Kier alpha value is -1.26. The molecule has 0 atom stereocenters. The van der Waals surface area contributed by atoms with Crippen LogP contribution in [0.3, 0.4) is 0 Å². The normalized spacial score (nSPS) is 14.6. The zero-order valence-corrected chi connectivity index (χ0v) is 11.1. The first kappa shape index (κ1) is 13.2. The summed E-state index contributed by atoms with van der Waals surface area (Å²) in [5.74, 6) is 2.23. The monoisotopic (exact) mass is 251 g/mol. The van der Waals surface area contributed by atoms with Crippen molar-refractivity contribution in [1.82, 2.24) is 5.32 Å². The lowest BCUT2D eigenvalue weighted by molar-refractivity contribution is 0.00862. The zero-order chi connectivity index (χ0) is 12.8. The van der Waals surface area contributed by atoms with E-state index in [1.807, 2.05) is 25.2 Å². The largest absolute Gasteiger partial charge is 0.493 e. The fourth-order valence-corrected chi connectivity index (χ4v) is 1.75. The van der Waals surface area contributed by atoms with Crippen molar-refractivity contribution in [2.75, 3.05) is 27.6 Å². The molecule has 18 heavy (non-hydrogen) atoms. The molecule has 2 rings (SSSR count). The van der Waals surface area contributed by atoms with Gasteiger partial charge in [0.2, 0.25) is 0 Å². The van der Waals surface area contributed by atoms with Crippen molar-refractivity contribution in [2.24, 2.45) is 5.92 Å². The summed E-state index contributed by atoms with van der Waals surface area (Å²) in [6.45, 7) is 1.90. The molecule has 0 unspecified atom stereocenters. The molecular weight excluding hydrogens is 230 g/mol. The van der Waals surface area contributed by atoms with Crippen LogP contribution in [0, 0.1) is 5.92 Å². The van der Waals surface area contributed by atoms with Gasteiger partial charge in [-0.1, -0.05) is 6.07 Å². The van der Waals surface area contributed by atoms with Gasteiger partial charge in [0.05, 0.1) is 13.7 Å². The third kappa shape index (κ3) is 3.89. The number of nitrogens with one attached hydrogen (secondary N) is 1. The van der Waals surface area contributed by atoms with Crippen LogP contribution in [0.5, 0.6) is 11.5 Å². The Morgan fingerprint density at radius 1 is 1.28 bits per heavy atom. The van der Waals surface area contributed by atoms with Gasteiger partial charge in [-0.25, -0.2) is 0 Å². The minimum Gasteiger partial charge on any atom is -0.493 e. The summed E-state index contributed by atoms with van der Waals surface area (Å²) >= 11 is 0. The van der Waals surface area contributed by atoms with Crippen molar-refractivity contribution in [1.29, 1.82) is 0 Å². The summed E-state index contributed by atoms with van der Waals surface area (Å²) < 4.78 is 16.4. The van der Waals surface area contributed by atoms with Crippen molar-refractivity contribution in [3.63, 3.8) is 0 Å². The fourth-order valence-electron chi connectivity index (χ4n) is 1.75. The molecule has 0 saturated heterocycles. The van der Waals surface area contributed by atoms with Crippen LogP contribution in [0.1, 0.15) is 18.4 Å². The summed E-state index contributed by atoms with van der Waals surface area (Å²) in [6, 6.07) is 5.92. The summed E-state index contributed by atoms with van der Waals surface area (Å²) in [5.41, 5.74) is 1.16. The summed E-state index contributed by atoms with van der Waals surface area (Å²) in [7, 11) is 3.56. The number of ether oxygens (including phenoxy) is 3. The molecule has 0 radical (unpaired) electrons. The SMILES string of the molecule is CNCc1ccc(OC)c(OCOCC2CC2)c1. The van der Waals surface area contributed by atoms with Gasteiger partial charge >= 0.3 is 0 Å². The van der Waals surface area contributed by atoms with E-state index in [4.69, 9.17) is 14.2 Å². The lowest BCUT2D eigenvalue weighted by atomic mass is 10.2. The number of hydrogen-bond acceptors (Lipinski definition) is 4. The Balaban J connectivity index is 1.87. The van der Waals surface area contributed by atoms with Crippen LogP contribution < -0.4 is 14.8 Å². The quantitative estimate of drug-likeness (QED) is 0.568. The molecule has 0 amide bonds. The molecule has 4 heteroatoms. The van der Waals surface area contributed by atoms with Crippen LogP contribution in [0.4, 0.5) is 0 Å². The Labute approximate surface area is 108 Å². The summed E-state index contributed by atoms with van der Waals surface area (Å²) in [5, 5.41) is 3.11. The lowest BCUT2D eigenvalue weighted by Crippen LogP contribution is -2.08. The maximum atomic E-state index is 5.62. The van der Waals surface area contributed by atoms with Gasteiger partial charge in [-0.2, -0.15) is 0 Å². The standard InChI is InChI=1S/C14H21NO3/c1-15-8-12-5-6-13(16-2)14(7-12)18-10-17-9-11-3-4-11/h5-7,11,15H,3-4,8-10H2,1-2H3. The highest BCUT2D eigenvalue weighted by Gasteiger charge is 2.21. The number of methoxy groups -OCH3 is 1. The van der Waals surface area contributed by atoms with Gasteiger partial charge in [-0.15, -0.1) is 0 Å². The van der Waals surface area contributed by atoms with E-state index in [0.717, 1.165) is 36.1 Å². The first-order valence-corrected chi connectivity index (χ1v) is 6.35. The van der Waals surface area contributed by atoms with E-state index < -0.39 is 0 Å². The van der Waals surface area contributed by atoms with Gasteiger partial charge < -0.3 is 19.5 Å². The average molecular weight is 251 g/mol. The predicted molar refractivity (Wildman–Crippen MR) is 69.9 cm³/mol.